The molecule has 8 heteroatoms. The molecule has 0 radical (unpaired) electrons. The zero-order valence-electron chi connectivity index (χ0n) is 24.9. The number of esters is 1. The van der Waals surface area contributed by atoms with E-state index in [0.29, 0.717) is 39.5 Å². The Bertz CT molecular complexity index is 1890. The van der Waals surface area contributed by atoms with Crippen molar-refractivity contribution in [2.45, 2.75) is 24.9 Å². The summed E-state index contributed by atoms with van der Waals surface area (Å²) >= 11 is 0. The van der Waals surface area contributed by atoms with E-state index >= 15 is 0 Å². The van der Waals surface area contributed by atoms with Crippen LogP contribution in [-0.4, -0.2) is 49.6 Å². The third-order valence-corrected chi connectivity index (χ3v) is 9.15. The fourth-order valence-electron chi connectivity index (χ4n) is 7.36. The number of benzene rings is 4. The van der Waals surface area contributed by atoms with E-state index in [1.165, 1.54) is 21.1 Å². The Labute approximate surface area is 259 Å². The molecule has 224 valence electrons. The number of methoxy groups -OCH3 is 2. The van der Waals surface area contributed by atoms with E-state index in [9.17, 15) is 19.2 Å². The summed E-state index contributed by atoms with van der Waals surface area (Å²) in [6, 6.07) is 24.4. The van der Waals surface area contributed by atoms with Gasteiger partial charge in [0.05, 0.1) is 20.3 Å². The molecule has 1 aliphatic carbocycles. The van der Waals surface area contributed by atoms with Crippen LogP contribution >= 0.6 is 0 Å². The monoisotopic (exact) mass is 599 g/mol. The zero-order valence-corrected chi connectivity index (χ0v) is 24.9. The van der Waals surface area contributed by atoms with E-state index in [0.717, 1.165) is 11.3 Å². The number of carbonyl (C=O) groups excluding carboxylic acids is 4. The van der Waals surface area contributed by atoms with Crippen molar-refractivity contribution in [2.24, 2.45) is 5.41 Å². The van der Waals surface area contributed by atoms with Gasteiger partial charge >= 0.3 is 5.97 Å². The molecule has 2 heterocycles. The number of fused-ring (bicyclic) bond motifs is 5. The number of nitrogens with zero attached hydrogens (tertiary/aromatic N) is 1. The van der Waals surface area contributed by atoms with Crippen molar-refractivity contribution in [3.8, 4) is 17.2 Å². The normalized spacial score (nSPS) is 20.4. The molecule has 4 aromatic carbocycles. The average molecular weight is 600 g/mol. The Morgan fingerprint density at radius 3 is 2.07 bits per heavy atom. The van der Waals surface area contributed by atoms with Gasteiger partial charge in [0, 0.05) is 35.2 Å². The number of ether oxygens (including phenoxy) is 3. The molecule has 0 bridgehead atoms. The topological polar surface area (TPSA) is 99.2 Å². The fourth-order valence-corrected chi connectivity index (χ4v) is 7.36. The molecular weight excluding hydrogens is 570 g/mol. The molecule has 1 spiro atoms. The zero-order chi connectivity index (χ0) is 31.5. The number of hydrogen-bond donors (Lipinski definition) is 0. The van der Waals surface area contributed by atoms with Crippen LogP contribution in [0.3, 0.4) is 0 Å². The average Bonchev–Trinajstić information content (AvgIpc) is 3.50. The maximum absolute atomic E-state index is 14.9. The van der Waals surface area contributed by atoms with Crippen LogP contribution in [0, 0.1) is 5.41 Å². The molecule has 0 aromatic heterocycles. The lowest BCUT2D eigenvalue weighted by Crippen LogP contribution is -2.48. The first kappa shape index (κ1) is 28.3. The van der Waals surface area contributed by atoms with Gasteiger partial charge in [0.15, 0.2) is 28.8 Å². The van der Waals surface area contributed by atoms with Gasteiger partial charge in [-0.2, -0.15) is 0 Å². The standard InChI is InChI=1S/C37H29NO7/c1-21(39)45-25-16-12-23(13-17-25)34(40)33-32(24-14-18-29(43-2)30(20-24)44-3)37(35(41)26-9-5-6-10-27(26)36(37)42)31-19-15-22-8-4-7-11-28(22)38(31)33/h4-20,31-33H,1-3H3. The largest absolute Gasteiger partial charge is 0.493 e. The lowest BCUT2D eigenvalue weighted by Gasteiger charge is -2.37. The molecule has 0 N–H and O–H groups in total. The second-order valence-electron chi connectivity index (χ2n) is 11.4. The Hall–Kier alpha value is -5.50. The first-order valence-electron chi connectivity index (χ1n) is 14.6. The van der Waals surface area contributed by atoms with E-state index in [1.807, 2.05) is 41.3 Å². The van der Waals surface area contributed by atoms with Gasteiger partial charge < -0.3 is 19.1 Å². The third-order valence-electron chi connectivity index (χ3n) is 9.15. The molecule has 1 saturated heterocycles. The van der Waals surface area contributed by atoms with Crippen LogP contribution in [0.5, 0.6) is 17.2 Å². The van der Waals surface area contributed by atoms with Gasteiger partial charge in [-0.1, -0.05) is 60.7 Å². The highest BCUT2D eigenvalue weighted by Crippen LogP contribution is 2.61. The predicted octanol–water partition coefficient (Wildman–Crippen LogP) is 5.95. The first-order chi connectivity index (χ1) is 21.8. The molecule has 4 aromatic rings. The molecule has 3 unspecified atom stereocenters. The second kappa shape index (κ2) is 10.6. The summed E-state index contributed by atoms with van der Waals surface area (Å²) in [5.74, 6) is -1.11. The van der Waals surface area contributed by atoms with Crippen LogP contribution in [0.1, 0.15) is 55.0 Å². The highest BCUT2D eigenvalue weighted by molar-refractivity contribution is 6.32. The number of hydrogen-bond acceptors (Lipinski definition) is 8. The van der Waals surface area contributed by atoms with Crippen LogP contribution in [0.25, 0.3) is 6.08 Å². The van der Waals surface area contributed by atoms with Crippen molar-refractivity contribution < 1.29 is 33.4 Å². The van der Waals surface area contributed by atoms with Crippen molar-refractivity contribution in [1.82, 2.24) is 0 Å². The van der Waals surface area contributed by atoms with Crippen LogP contribution in [0.4, 0.5) is 5.69 Å². The lowest BCUT2D eigenvalue weighted by molar-refractivity contribution is -0.131. The van der Waals surface area contributed by atoms with Gasteiger partial charge in [0.1, 0.15) is 17.2 Å². The van der Waals surface area contributed by atoms with E-state index in [-0.39, 0.29) is 17.3 Å². The van der Waals surface area contributed by atoms with Crippen LogP contribution in [0.15, 0.2) is 97.1 Å². The highest BCUT2D eigenvalue weighted by Gasteiger charge is 2.71. The van der Waals surface area contributed by atoms with E-state index in [4.69, 9.17) is 14.2 Å². The number of para-hydroxylation sites is 1. The quantitative estimate of drug-likeness (QED) is 0.116. The Morgan fingerprint density at radius 1 is 0.778 bits per heavy atom. The molecule has 0 saturated carbocycles. The van der Waals surface area contributed by atoms with Gasteiger partial charge in [-0.15, -0.1) is 0 Å². The Kier molecular flexibility index (Phi) is 6.66. The Balaban J connectivity index is 1.50. The summed E-state index contributed by atoms with van der Waals surface area (Å²) in [5.41, 5.74) is 1.61. The van der Waals surface area contributed by atoms with Crippen molar-refractivity contribution in [3.05, 3.63) is 125 Å². The summed E-state index contributed by atoms with van der Waals surface area (Å²) in [5, 5.41) is 0. The summed E-state index contributed by atoms with van der Waals surface area (Å²) in [6.07, 6.45) is 3.81. The highest BCUT2D eigenvalue weighted by atomic mass is 16.5. The maximum Gasteiger partial charge on any atom is 0.308 e. The lowest BCUT2D eigenvalue weighted by atomic mass is 9.64. The van der Waals surface area contributed by atoms with Crippen LogP contribution in [-0.2, 0) is 4.79 Å². The maximum atomic E-state index is 14.9. The van der Waals surface area contributed by atoms with E-state index in [2.05, 4.69) is 0 Å². The third kappa shape index (κ3) is 4.05. The molecular formula is C37H29NO7. The van der Waals surface area contributed by atoms with Gasteiger partial charge in [-0.05, 0) is 53.6 Å². The van der Waals surface area contributed by atoms with Crippen molar-refractivity contribution in [3.63, 3.8) is 0 Å². The fraction of sp³-hybridized carbons (Fsp3) is 0.189. The van der Waals surface area contributed by atoms with Crippen LogP contribution < -0.4 is 19.1 Å². The number of ketones is 3. The molecule has 8 nitrogen and oxygen atoms in total. The number of rotatable bonds is 6. The van der Waals surface area contributed by atoms with Crippen molar-refractivity contribution in [2.75, 3.05) is 19.1 Å². The number of anilines is 1. The van der Waals surface area contributed by atoms with Crippen molar-refractivity contribution >= 4 is 35.1 Å². The second-order valence-corrected chi connectivity index (χ2v) is 11.4. The molecule has 3 atom stereocenters. The summed E-state index contributed by atoms with van der Waals surface area (Å²) in [7, 11) is 3.05. The first-order valence-corrected chi connectivity index (χ1v) is 14.6. The van der Waals surface area contributed by atoms with Crippen molar-refractivity contribution in [1.29, 1.82) is 0 Å². The Morgan fingerprint density at radius 2 is 1.42 bits per heavy atom. The van der Waals surface area contributed by atoms with E-state index < -0.39 is 29.4 Å². The van der Waals surface area contributed by atoms with Gasteiger partial charge in [-0.3, -0.25) is 19.2 Å². The van der Waals surface area contributed by atoms with Gasteiger partial charge in [-0.25, -0.2) is 0 Å². The van der Waals surface area contributed by atoms with E-state index in [1.54, 1.807) is 66.7 Å². The minimum Gasteiger partial charge on any atom is -0.493 e. The number of Topliss-reactive ketones (excluding diaryl/α,β-unsaturated/α-hetero) is 3. The molecule has 3 aliphatic rings. The summed E-state index contributed by atoms with van der Waals surface area (Å²) < 4.78 is 16.4. The number of carbonyl (C=O) groups is 4. The smallest absolute Gasteiger partial charge is 0.308 e. The summed E-state index contributed by atoms with van der Waals surface area (Å²) in [4.78, 5) is 58.0. The molecule has 45 heavy (non-hydrogen) atoms. The predicted molar refractivity (Wildman–Crippen MR) is 167 cm³/mol. The van der Waals surface area contributed by atoms with Gasteiger partial charge in [0.2, 0.25) is 0 Å². The minimum atomic E-state index is -1.65. The minimum absolute atomic E-state index is 0.285. The van der Waals surface area contributed by atoms with Crippen LogP contribution in [0.2, 0.25) is 0 Å². The summed E-state index contributed by atoms with van der Waals surface area (Å²) in [6.45, 7) is 1.31. The SMILES string of the molecule is COc1ccc(C2C(C(=O)c3ccc(OC(C)=O)cc3)N3c4ccccc4C=CC3C23C(=O)c2ccccc2C3=O)cc1OC. The molecule has 2 aliphatic heterocycles. The molecule has 7 rings (SSSR count). The molecule has 0 amide bonds. The van der Waals surface area contributed by atoms with Gasteiger partial charge in [0.25, 0.3) is 0 Å². The molecule has 1 fully saturated rings.